The second kappa shape index (κ2) is 5.28. The first-order valence-corrected chi connectivity index (χ1v) is 7.90. The lowest BCUT2D eigenvalue weighted by atomic mass is 10.1. The van der Waals surface area contributed by atoms with Crippen LogP contribution in [0.2, 0.25) is 0 Å². The normalized spacial score (nSPS) is 22.4. The highest BCUT2D eigenvalue weighted by Crippen LogP contribution is 2.32. The Bertz CT molecular complexity index is 626. The van der Waals surface area contributed by atoms with Crippen molar-refractivity contribution in [1.82, 2.24) is 19.8 Å². The van der Waals surface area contributed by atoms with E-state index in [0.29, 0.717) is 6.04 Å². The number of rotatable bonds is 2. The zero-order valence-corrected chi connectivity index (χ0v) is 12.5. The molecule has 0 amide bonds. The summed E-state index contributed by atoms with van der Waals surface area (Å²) in [6.45, 7) is 4.37. The van der Waals surface area contributed by atoms with E-state index in [2.05, 4.69) is 52.2 Å². The third-order valence-electron chi connectivity index (χ3n) is 4.77. The molecular formula is C17H22N4. The minimum absolute atomic E-state index is 0.478. The molecule has 4 rings (SSSR count). The van der Waals surface area contributed by atoms with E-state index in [9.17, 15) is 0 Å². The Balaban J connectivity index is 1.77. The van der Waals surface area contributed by atoms with Crippen molar-refractivity contribution >= 4 is 0 Å². The summed E-state index contributed by atoms with van der Waals surface area (Å²) in [6.07, 6.45) is 2.66. The van der Waals surface area contributed by atoms with Gasteiger partial charge in [0.2, 0.25) is 0 Å². The maximum Gasteiger partial charge on any atom is 0.140 e. The first kappa shape index (κ1) is 13.0. The van der Waals surface area contributed by atoms with Gasteiger partial charge in [0.1, 0.15) is 5.82 Å². The summed E-state index contributed by atoms with van der Waals surface area (Å²) in [5.41, 5.74) is 3.84. The van der Waals surface area contributed by atoms with Gasteiger partial charge >= 0.3 is 0 Å². The fourth-order valence-electron chi connectivity index (χ4n) is 3.74. The lowest BCUT2D eigenvalue weighted by molar-refractivity contribution is 0.220. The Morgan fingerprint density at radius 1 is 1.14 bits per heavy atom. The van der Waals surface area contributed by atoms with Crippen LogP contribution in [-0.4, -0.2) is 34.1 Å². The SMILES string of the molecule is Cn1c(-c2ccccc2)nc2c1C(N1CCCC1)CNC2. The van der Waals surface area contributed by atoms with Crippen molar-refractivity contribution in [2.75, 3.05) is 19.6 Å². The Morgan fingerprint density at radius 2 is 1.90 bits per heavy atom. The molecule has 3 heterocycles. The number of hydrogen-bond acceptors (Lipinski definition) is 3. The van der Waals surface area contributed by atoms with E-state index in [4.69, 9.17) is 4.98 Å². The Morgan fingerprint density at radius 3 is 2.67 bits per heavy atom. The molecule has 1 aromatic heterocycles. The highest BCUT2D eigenvalue weighted by molar-refractivity contribution is 5.57. The third kappa shape index (κ3) is 2.19. The molecule has 0 radical (unpaired) electrons. The Labute approximate surface area is 125 Å². The highest BCUT2D eigenvalue weighted by atomic mass is 15.2. The van der Waals surface area contributed by atoms with Gasteiger partial charge in [-0.1, -0.05) is 30.3 Å². The second-order valence-corrected chi connectivity index (χ2v) is 6.08. The van der Waals surface area contributed by atoms with Crippen molar-refractivity contribution in [1.29, 1.82) is 0 Å². The smallest absolute Gasteiger partial charge is 0.140 e. The van der Waals surface area contributed by atoms with E-state index in [1.807, 2.05) is 0 Å². The average Bonchev–Trinajstić information content (AvgIpc) is 3.16. The first-order chi connectivity index (χ1) is 10.3. The monoisotopic (exact) mass is 282 g/mol. The minimum atomic E-state index is 0.478. The van der Waals surface area contributed by atoms with Crippen molar-refractivity contribution in [2.24, 2.45) is 7.05 Å². The van der Waals surface area contributed by atoms with Crippen LogP contribution in [0, 0.1) is 0 Å². The lowest BCUT2D eigenvalue weighted by Crippen LogP contribution is -2.39. The third-order valence-corrected chi connectivity index (χ3v) is 4.77. The highest BCUT2D eigenvalue weighted by Gasteiger charge is 2.32. The largest absolute Gasteiger partial charge is 0.329 e. The number of aromatic nitrogens is 2. The van der Waals surface area contributed by atoms with E-state index in [1.54, 1.807) is 0 Å². The molecule has 21 heavy (non-hydrogen) atoms. The number of hydrogen-bond donors (Lipinski definition) is 1. The molecule has 110 valence electrons. The summed E-state index contributed by atoms with van der Waals surface area (Å²) < 4.78 is 2.31. The average molecular weight is 282 g/mol. The maximum absolute atomic E-state index is 4.92. The van der Waals surface area contributed by atoms with Crippen LogP contribution in [0.1, 0.15) is 30.3 Å². The van der Waals surface area contributed by atoms with Gasteiger partial charge in [-0.05, 0) is 25.9 Å². The summed E-state index contributed by atoms with van der Waals surface area (Å²) in [4.78, 5) is 7.53. The Hall–Kier alpha value is -1.65. The molecule has 0 aliphatic carbocycles. The van der Waals surface area contributed by atoms with Gasteiger partial charge in [-0.3, -0.25) is 4.90 Å². The van der Waals surface area contributed by atoms with Crippen LogP contribution in [0.3, 0.4) is 0 Å². The number of benzene rings is 1. The van der Waals surface area contributed by atoms with Gasteiger partial charge in [0, 0.05) is 25.7 Å². The number of fused-ring (bicyclic) bond motifs is 1. The molecule has 2 aromatic rings. The zero-order valence-electron chi connectivity index (χ0n) is 12.5. The van der Waals surface area contributed by atoms with Crippen molar-refractivity contribution in [3.63, 3.8) is 0 Å². The van der Waals surface area contributed by atoms with Crippen molar-refractivity contribution in [3.05, 3.63) is 41.7 Å². The second-order valence-electron chi connectivity index (χ2n) is 6.08. The van der Waals surface area contributed by atoms with Crippen LogP contribution in [0.15, 0.2) is 30.3 Å². The molecule has 0 saturated carbocycles. The van der Waals surface area contributed by atoms with Crippen LogP contribution in [0.5, 0.6) is 0 Å². The van der Waals surface area contributed by atoms with Gasteiger partial charge in [-0.25, -0.2) is 4.98 Å². The van der Waals surface area contributed by atoms with Crippen LogP contribution in [0.4, 0.5) is 0 Å². The van der Waals surface area contributed by atoms with Crippen molar-refractivity contribution < 1.29 is 0 Å². The molecule has 1 fully saturated rings. The number of nitrogens with zero attached hydrogens (tertiary/aromatic N) is 3. The van der Waals surface area contributed by atoms with E-state index >= 15 is 0 Å². The van der Waals surface area contributed by atoms with Crippen LogP contribution >= 0.6 is 0 Å². The molecular weight excluding hydrogens is 260 g/mol. The molecule has 4 heteroatoms. The summed E-state index contributed by atoms with van der Waals surface area (Å²) in [6, 6.07) is 11.0. The van der Waals surface area contributed by atoms with Crippen LogP contribution in [-0.2, 0) is 13.6 Å². The summed E-state index contributed by atoms with van der Waals surface area (Å²) in [7, 11) is 2.17. The van der Waals surface area contributed by atoms with Gasteiger partial charge in [0.05, 0.1) is 17.4 Å². The molecule has 1 unspecified atom stereocenters. The van der Waals surface area contributed by atoms with Gasteiger partial charge < -0.3 is 9.88 Å². The molecule has 4 nitrogen and oxygen atoms in total. The minimum Gasteiger partial charge on any atom is -0.329 e. The molecule has 1 saturated heterocycles. The molecule has 0 spiro atoms. The summed E-state index contributed by atoms with van der Waals surface area (Å²) >= 11 is 0. The van der Waals surface area contributed by atoms with E-state index < -0.39 is 0 Å². The van der Waals surface area contributed by atoms with Crippen LogP contribution in [0.25, 0.3) is 11.4 Å². The quantitative estimate of drug-likeness (QED) is 0.917. The maximum atomic E-state index is 4.92. The Kier molecular flexibility index (Phi) is 3.28. The van der Waals surface area contributed by atoms with Gasteiger partial charge in [-0.2, -0.15) is 0 Å². The fraction of sp³-hybridized carbons (Fsp3) is 0.471. The van der Waals surface area contributed by atoms with Crippen LogP contribution < -0.4 is 5.32 Å². The lowest BCUT2D eigenvalue weighted by Gasteiger charge is -2.32. The zero-order chi connectivity index (χ0) is 14.2. The van der Waals surface area contributed by atoms with Gasteiger partial charge in [0.25, 0.3) is 0 Å². The molecule has 2 aliphatic heterocycles. The first-order valence-electron chi connectivity index (χ1n) is 7.90. The molecule has 1 atom stereocenters. The molecule has 1 N–H and O–H groups in total. The van der Waals surface area contributed by atoms with E-state index in [-0.39, 0.29) is 0 Å². The predicted molar refractivity (Wildman–Crippen MR) is 83.9 cm³/mol. The number of likely N-dealkylation sites (tertiary alicyclic amines) is 1. The number of nitrogens with one attached hydrogen (secondary N) is 1. The molecule has 1 aromatic carbocycles. The van der Waals surface area contributed by atoms with Gasteiger partial charge in [0.15, 0.2) is 0 Å². The standard InChI is InChI=1S/C17H22N4/c1-20-16-14(19-17(20)13-7-3-2-4-8-13)11-18-12-15(16)21-9-5-6-10-21/h2-4,7-8,15,18H,5-6,9-12H2,1H3. The summed E-state index contributed by atoms with van der Waals surface area (Å²) in [5.74, 6) is 1.09. The van der Waals surface area contributed by atoms with Gasteiger partial charge in [-0.15, -0.1) is 0 Å². The van der Waals surface area contributed by atoms with E-state index in [1.165, 1.54) is 42.9 Å². The molecule has 2 aliphatic rings. The van der Waals surface area contributed by atoms with Crippen molar-refractivity contribution in [2.45, 2.75) is 25.4 Å². The molecule has 0 bridgehead atoms. The topological polar surface area (TPSA) is 33.1 Å². The number of imidazole rings is 1. The summed E-state index contributed by atoms with van der Waals surface area (Å²) in [5, 5.41) is 3.54. The van der Waals surface area contributed by atoms with E-state index in [0.717, 1.165) is 18.9 Å². The fourth-order valence-corrected chi connectivity index (χ4v) is 3.74. The predicted octanol–water partition coefficient (Wildman–Crippen LogP) is 2.33. The van der Waals surface area contributed by atoms with Crippen molar-refractivity contribution in [3.8, 4) is 11.4 Å².